The molecular formula is C18H14Br2Cl2O6. The van der Waals surface area contributed by atoms with Gasteiger partial charge in [0.05, 0.1) is 10.0 Å². The number of halogens is 4. The third-order valence-corrected chi connectivity index (χ3v) is 4.67. The quantitative estimate of drug-likeness (QED) is 0.317. The highest BCUT2D eigenvalue weighted by atomic mass is 79.9. The van der Waals surface area contributed by atoms with Crippen molar-refractivity contribution in [2.75, 3.05) is 26.4 Å². The molecule has 0 amide bonds. The smallest absolute Gasteiger partial charge is 0.344 e. The fraction of sp³-hybridized carbons (Fsp3) is 0.222. The molecule has 10 heteroatoms. The second kappa shape index (κ2) is 11.5. The van der Waals surface area contributed by atoms with Crippen molar-refractivity contribution in [3.05, 3.63) is 55.4 Å². The van der Waals surface area contributed by atoms with Crippen molar-refractivity contribution in [3.8, 4) is 11.5 Å². The van der Waals surface area contributed by atoms with Crippen molar-refractivity contribution in [3.63, 3.8) is 0 Å². The Labute approximate surface area is 188 Å². The van der Waals surface area contributed by atoms with Gasteiger partial charge in [0, 0.05) is 8.95 Å². The zero-order valence-corrected chi connectivity index (χ0v) is 18.9. The third kappa shape index (κ3) is 7.87. The molecule has 0 spiro atoms. The van der Waals surface area contributed by atoms with Crippen LogP contribution in [0.3, 0.4) is 0 Å². The van der Waals surface area contributed by atoms with E-state index in [9.17, 15) is 9.59 Å². The molecule has 0 heterocycles. The van der Waals surface area contributed by atoms with E-state index in [1.54, 1.807) is 36.4 Å². The fourth-order valence-electron chi connectivity index (χ4n) is 1.85. The zero-order valence-electron chi connectivity index (χ0n) is 14.3. The van der Waals surface area contributed by atoms with Crippen LogP contribution in [0.5, 0.6) is 11.5 Å². The van der Waals surface area contributed by atoms with Gasteiger partial charge in [-0.15, -0.1) is 0 Å². The predicted octanol–water partition coefficient (Wildman–Crippen LogP) is 5.06. The lowest BCUT2D eigenvalue weighted by molar-refractivity contribution is -0.154. The maximum Gasteiger partial charge on any atom is 0.344 e. The van der Waals surface area contributed by atoms with E-state index < -0.39 is 11.9 Å². The van der Waals surface area contributed by atoms with Gasteiger partial charge in [-0.3, -0.25) is 0 Å². The van der Waals surface area contributed by atoms with Gasteiger partial charge < -0.3 is 18.9 Å². The molecule has 0 bridgehead atoms. The van der Waals surface area contributed by atoms with Gasteiger partial charge in [-0.1, -0.05) is 55.1 Å². The molecule has 0 aliphatic rings. The van der Waals surface area contributed by atoms with Gasteiger partial charge in [0.25, 0.3) is 0 Å². The average Bonchev–Trinajstić information content (AvgIpc) is 2.64. The Morgan fingerprint density at radius 2 is 1.14 bits per heavy atom. The Morgan fingerprint density at radius 1 is 0.750 bits per heavy atom. The molecule has 6 nitrogen and oxygen atoms in total. The van der Waals surface area contributed by atoms with E-state index in [-0.39, 0.29) is 26.4 Å². The van der Waals surface area contributed by atoms with E-state index in [0.717, 1.165) is 8.95 Å². The predicted molar refractivity (Wildman–Crippen MR) is 111 cm³/mol. The highest BCUT2D eigenvalue weighted by molar-refractivity contribution is 9.10. The van der Waals surface area contributed by atoms with Crippen LogP contribution in [-0.4, -0.2) is 38.4 Å². The minimum atomic E-state index is -0.618. The molecule has 0 saturated heterocycles. The second-order valence-electron chi connectivity index (χ2n) is 5.17. The molecule has 0 aliphatic heterocycles. The lowest BCUT2D eigenvalue weighted by Gasteiger charge is -2.10. The third-order valence-electron chi connectivity index (χ3n) is 3.09. The summed E-state index contributed by atoms with van der Waals surface area (Å²) in [4.78, 5) is 23.3. The molecule has 2 aromatic rings. The van der Waals surface area contributed by atoms with Gasteiger partial charge >= 0.3 is 11.9 Å². The number of rotatable bonds is 9. The molecule has 28 heavy (non-hydrogen) atoms. The topological polar surface area (TPSA) is 71.1 Å². The summed E-state index contributed by atoms with van der Waals surface area (Å²) in [5, 5.41) is 0.726. The highest BCUT2D eigenvalue weighted by Gasteiger charge is 2.10. The molecule has 0 unspecified atom stereocenters. The Balaban J connectivity index is 1.61. The molecule has 0 N–H and O–H groups in total. The van der Waals surface area contributed by atoms with E-state index in [0.29, 0.717) is 21.5 Å². The monoisotopic (exact) mass is 554 g/mol. The molecule has 2 rings (SSSR count). The molecule has 2 aromatic carbocycles. The van der Waals surface area contributed by atoms with E-state index >= 15 is 0 Å². The second-order valence-corrected chi connectivity index (χ2v) is 7.81. The minimum absolute atomic E-state index is 0.110. The van der Waals surface area contributed by atoms with Crippen LogP contribution in [0.1, 0.15) is 0 Å². The Morgan fingerprint density at radius 3 is 1.50 bits per heavy atom. The van der Waals surface area contributed by atoms with Gasteiger partial charge in [-0.05, 0) is 36.4 Å². The van der Waals surface area contributed by atoms with Crippen LogP contribution in [-0.2, 0) is 19.1 Å². The first-order valence-electron chi connectivity index (χ1n) is 7.82. The summed E-state index contributed by atoms with van der Waals surface area (Å²) >= 11 is 18.5. The average molecular weight is 557 g/mol. The highest BCUT2D eigenvalue weighted by Crippen LogP contribution is 2.28. The van der Waals surface area contributed by atoms with Crippen LogP contribution >= 0.6 is 55.1 Å². The van der Waals surface area contributed by atoms with Gasteiger partial charge in [-0.2, -0.15) is 0 Å². The molecule has 0 fully saturated rings. The van der Waals surface area contributed by atoms with Crippen molar-refractivity contribution >= 4 is 67.0 Å². The van der Waals surface area contributed by atoms with Crippen LogP contribution in [0.15, 0.2) is 45.3 Å². The number of carbonyl (C=O) groups is 2. The lowest BCUT2D eigenvalue weighted by atomic mass is 10.3. The van der Waals surface area contributed by atoms with Crippen molar-refractivity contribution < 1.29 is 28.5 Å². The molecule has 0 atom stereocenters. The number of benzene rings is 2. The van der Waals surface area contributed by atoms with Crippen molar-refractivity contribution in [2.24, 2.45) is 0 Å². The van der Waals surface area contributed by atoms with Crippen LogP contribution < -0.4 is 9.47 Å². The largest absolute Gasteiger partial charge is 0.480 e. The fourth-order valence-corrected chi connectivity index (χ4v) is 3.31. The summed E-state index contributed by atoms with van der Waals surface area (Å²) in [5.74, 6) is -0.519. The first kappa shape index (κ1) is 22.8. The number of hydrogen-bond acceptors (Lipinski definition) is 6. The maximum absolute atomic E-state index is 11.6. The first-order valence-corrected chi connectivity index (χ1v) is 10.2. The Hall–Kier alpha value is -1.48. The molecule has 0 aliphatic carbocycles. The van der Waals surface area contributed by atoms with Crippen molar-refractivity contribution in [2.45, 2.75) is 0 Å². The summed E-state index contributed by atoms with van der Waals surface area (Å²) in [6, 6.07) is 10.00. The molecule has 0 aromatic heterocycles. The van der Waals surface area contributed by atoms with Crippen molar-refractivity contribution in [1.82, 2.24) is 0 Å². The summed E-state index contributed by atoms with van der Waals surface area (Å²) in [6.45, 7) is -0.858. The summed E-state index contributed by atoms with van der Waals surface area (Å²) in [5.41, 5.74) is 0. The first-order chi connectivity index (χ1) is 13.3. The summed E-state index contributed by atoms with van der Waals surface area (Å²) in [7, 11) is 0. The van der Waals surface area contributed by atoms with E-state index in [2.05, 4.69) is 31.9 Å². The number of hydrogen-bond donors (Lipinski definition) is 0. The Bertz CT molecular complexity index is 777. The standard InChI is InChI=1S/C18H14Br2Cl2O6/c19-11-1-3-15(13(21)7-11)27-9-17(23)25-5-6-26-18(24)10-28-16-4-2-12(20)8-14(16)22/h1-4,7-8H,5-6,9-10H2. The lowest BCUT2D eigenvalue weighted by Crippen LogP contribution is -2.21. The number of esters is 2. The van der Waals surface area contributed by atoms with Crippen LogP contribution in [0, 0.1) is 0 Å². The number of carbonyl (C=O) groups excluding carboxylic acids is 2. The van der Waals surface area contributed by atoms with Gasteiger partial charge in [0.1, 0.15) is 24.7 Å². The van der Waals surface area contributed by atoms with Crippen LogP contribution in [0.25, 0.3) is 0 Å². The number of ether oxygens (including phenoxy) is 4. The molecular weight excluding hydrogens is 543 g/mol. The van der Waals surface area contributed by atoms with E-state index in [4.69, 9.17) is 42.1 Å². The zero-order chi connectivity index (χ0) is 20.5. The summed E-state index contributed by atoms with van der Waals surface area (Å²) in [6.07, 6.45) is 0. The summed E-state index contributed by atoms with van der Waals surface area (Å²) < 4.78 is 21.9. The molecule has 0 saturated carbocycles. The van der Waals surface area contributed by atoms with E-state index in [1.165, 1.54) is 0 Å². The van der Waals surface area contributed by atoms with E-state index in [1.807, 2.05) is 0 Å². The minimum Gasteiger partial charge on any atom is -0.480 e. The normalized spacial score (nSPS) is 10.3. The van der Waals surface area contributed by atoms with Gasteiger partial charge in [-0.25, -0.2) is 9.59 Å². The maximum atomic E-state index is 11.6. The van der Waals surface area contributed by atoms with Crippen molar-refractivity contribution in [1.29, 1.82) is 0 Å². The van der Waals surface area contributed by atoms with Gasteiger partial charge in [0.15, 0.2) is 13.2 Å². The van der Waals surface area contributed by atoms with Gasteiger partial charge in [0.2, 0.25) is 0 Å². The SMILES string of the molecule is O=C(COc1ccc(Br)cc1Cl)OCCOC(=O)COc1ccc(Br)cc1Cl. The molecule has 0 radical (unpaired) electrons. The Kier molecular flexibility index (Phi) is 9.37. The van der Waals surface area contributed by atoms with Crippen LogP contribution in [0.4, 0.5) is 0 Å². The van der Waals surface area contributed by atoms with Crippen LogP contribution in [0.2, 0.25) is 10.0 Å². The molecule has 150 valence electrons.